The number of ether oxygens (including phenoxy) is 2. The van der Waals surface area contributed by atoms with Gasteiger partial charge in [-0.1, -0.05) is 6.07 Å². The molecule has 3 nitrogen and oxygen atoms in total. The highest BCUT2D eigenvalue weighted by atomic mass is 16.5. The molecular weight excluding hydrogens is 216 g/mol. The lowest BCUT2D eigenvalue weighted by molar-refractivity contribution is 0.0896. The summed E-state index contributed by atoms with van der Waals surface area (Å²) in [7, 11) is 1.57. The van der Waals surface area contributed by atoms with Gasteiger partial charge >= 0.3 is 0 Å². The molecule has 1 aromatic carbocycles. The van der Waals surface area contributed by atoms with Crippen LogP contribution in [0.1, 0.15) is 28.8 Å². The highest BCUT2D eigenvalue weighted by Crippen LogP contribution is 2.24. The average molecular weight is 232 g/mol. The lowest BCUT2D eigenvalue weighted by Gasteiger charge is -2.15. The second-order valence-electron chi connectivity index (χ2n) is 4.09. The Hall–Kier alpha value is -1.77. The van der Waals surface area contributed by atoms with Crippen LogP contribution in [-0.4, -0.2) is 19.5 Å². The van der Waals surface area contributed by atoms with E-state index in [1.165, 1.54) is 0 Å². The van der Waals surface area contributed by atoms with Gasteiger partial charge in [-0.3, -0.25) is 4.79 Å². The molecule has 1 aliphatic heterocycles. The Balaban J connectivity index is 2.33. The number of carbonyl (C=O) groups is 1. The Morgan fingerprint density at radius 3 is 2.88 bits per heavy atom. The van der Waals surface area contributed by atoms with Gasteiger partial charge in [0.25, 0.3) is 0 Å². The van der Waals surface area contributed by atoms with E-state index in [1.54, 1.807) is 13.2 Å². The maximum absolute atomic E-state index is 12.2. The lowest BCUT2D eigenvalue weighted by atomic mass is 10.0. The summed E-state index contributed by atoms with van der Waals surface area (Å²) in [5, 5.41) is 0. The van der Waals surface area contributed by atoms with Gasteiger partial charge in [0.2, 0.25) is 5.78 Å². The summed E-state index contributed by atoms with van der Waals surface area (Å²) in [4.78, 5) is 12.2. The van der Waals surface area contributed by atoms with E-state index in [0.717, 1.165) is 18.4 Å². The first-order valence-corrected chi connectivity index (χ1v) is 5.74. The molecule has 0 spiro atoms. The molecule has 1 heterocycles. The summed E-state index contributed by atoms with van der Waals surface area (Å²) in [5.74, 6) is 0.949. The van der Waals surface area contributed by atoms with Crippen LogP contribution in [0.15, 0.2) is 30.0 Å². The minimum atomic E-state index is -0.0958. The van der Waals surface area contributed by atoms with Crippen LogP contribution in [0.4, 0.5) is 0 Å². The normalized spacial score (nSPS) is 14.8. The number of aryl methyl sites for hydroxylation is 1. The number of benzene rings is 1. The lowest BCUT2D eigenvalue weighted by Crippen LogP contribution is -2.12. The smallest absolute Gasteiger partial charge is 0.230 e. The largest absolute Gasteiger partial charge is 0.496 e. The first-order chi connectivity index (χ1) is 8.22. The molecule has 0 amide bonds. The Kier molecular flexibility index (Phi) is 3.47. The molecule has 0 radical (unpaired) electrons. The Bertz CT molecular complexity index is 461. The maximum atomic E-state index is 12.2. The third-order valence-electron chi connectivity index (χ3n) is 2.76. The second kappa shape index (κ2) is 5.04. The molecule has 0 unspecified atom stereocenters. The maximum Gasteiger partial charge on any atom is 0.230 e. The number of methoxy groups -OCH3 is 1. The van der Waals surface area contributed by atoms with E-state index in [9.17, 15) is 4.79 Å². The predicted octanol–water partition coefficient (Wildman–Crippen LogP) is 2.88. The van der Waals surface area contributed by atoms with Gasteiger partial charge in [-0.15, -0.1) is 0 Å². The number of hydrogen-bond donors (Lipinski definition) is 0. The Morgan fingerprint density at radius 1 is 1.41 bits per heavy atom. The van der Waals surface area contributed by atoms with E-state index in [4.69, 9.17) is 9.47 Å². The SMILES string of the molecule is COc1cc(C)ccc1C(=O)C1=CCCCO1. The molecule has 90 valence electrons. The van der Waals surface area contributed by atoms with Crippen molar-refractivity contribution in [3.8, 4) is 5.75 Å². The van der Waals surface area contributed by atoms with Gasteiger partial charge in [0.05, 0.1) is 19.3 Å². The first-order valence-electron chi connectivity index (χ1n) is 5.74. The van der Waals surface area contributed by atoms with Gasteiger partial charge in [-0.05, 0) is 43.5 Å². The van der Waals surface area contributed by atoms with Crippen molar-refractivity contribution in [1.82, 2.24) is 0 Å². The third kappa shape index (κ3) is 2.49. The molecule has 0 bridgehead atoms. The fraction of sp³-hybridized carbons (Fsp3) is 0.357. The quantitative estimate of drug-likeness (QED) is 0.752. The molecule has 0 atom stereocenters. The highest BCUT2D eigenvalue weighted by molar-refractivity contribution is 6.09. The van der Waals surface area contributed by atoms with E-state index in [-0.39, 0.29) is 5.78 Å². The summed E-state index contributed by atoms with van der Waals surface area (Å²) < 4.78 is 10.6. The van der Waals surface area contributed by atoms with E-state index in [0.29, 0.717) is 23.7 Å². The van der Waals surface area contributed by atoms with Crippen LogP contribution in [0.2, 0.25) is 0 Å². The summed E-state index contributed by atoms with van der Waals surface area (Å²) >= 11 is 0. The molecule has 0 fully saturated rings. The second-order valence-corrected chi connectivity index (χ2v) is 4.09. The van der Waals surface area contributed by atoms with Crippen molar-refractivity contribution < 1.29 is 14.3 Å². The van der Waals surface area contributed by atoms with Crippen molar-refractivity contribution in [3.05, 3.63) is 41.2 Å². The fourth-order valence-corrected chi connectivity index (χ4v) is 1.83. The molecule has 0 aromatic heterocycles. The van der Waals surface area contributed by atoms with Crippen molar-refractivity contribution in [3.63, 3.8) is 0 Å². The van der Waals surface area contributed by atoms with Crippen LogP contribution in [0, 0.1) is 6.92 Å². The standard InChI is InChI=1S/C14H16O3/c1-10-6-7-11(13(9-10)16-2)14(15)12-5-3-4-8-17-12/h5-7,9H,3-4,8H2,1-2H3. The van der Waals surface area contributed by atoms with Gasteiger partial charge in [-0.25, -0.2) is 0 Å². The topological polar surface area (TPSA) is 35.5 Å². The van der Waals surface area contributed by atoms with Crippen molar-refractivity contribution >= 4 is 5.78 Å². The average Bonchev–Trinajstić information content (AvgIpc) is 2.39. The van der Waals surface area contributed by atoms with Crippen LogP contribution in [0.5, 0.6) is 5.75 Å². The molecule has 2 rings (SSSR count). The summed E-state index contributed by atoms with van der Waals surface area (Å²) in [6.45, 7) is 2.58. The van der Waals surface area contributed by atoms with E-state index in [2.05, 4.69) is 0 Å². The first kappa shape index (κ1) is 11.7. The van der Waals surface area contributed by atoms with Crippen LogP contribution in [0.25, 0.3) is 0 Å². The zero-order chi connectivity index (χ0) is 12.3. The van der Waals surface area contributed by atoms with Crippen LogP contribution in [-0.2, 0) is 4.74 Å². The van der Waals surface area contributed by atoms with Gasteiger partial charge in [0.1, 0.15) is 5.75 Å². The summed E-state index contributed by atoms with van der Waals surface area (Å²) in [6, 6.07) is 5.55. The van der Waals surface area contributed by atoms with E-state index < -0.39 is 0 Å². The summed E-state index contributed by atoms with van der Waals surface area (Å²) in [5.41, 5.74) is 1.63. The Morgan fingerprint density at radius 2 is 2.24 bits per heavy atom. The van der Waals surface area contributed by atoms with Crippen LogP contribution in [0.3, 0.4) is 0 Å². The van der Waals surface area contributed by atoms with E-state index in [1.807, 2.05) is 25.1 Å². The molecule has 0 aliphatic carbocycles. The van der Waals surface area contributed by atoms with Gasteiger partial charge in [0.15, 0.2) is 5.76 Å². The number of hydrogen-bond acceptors (Lipinski definition) is 3. The third-order valence-corrected chi connectivity index (χ3v) is 2.76. The minimum Gasteiger partial charge on any atom is -0.496 e. The van der Waals surface area contributed by atoms with Gasteiger partial charge in [-0.2, -0.15) is 0 Å². The number of Topliss-reactive ketones (excluding diaryl/α,β-unsaturated/α-hetero) is 1. The zero-order valence-electron chi connectivity index (χ0n) is 10.2. The zero-order valence-corrected chi connectivity index (χ0v) is 10.2. The number of ketones is 1. The fourth-order valence-electron chi connectivity index (χ4n) is 1.83. The molecule has 3 heteroatoms. The van der Waals surface area contributed by atoms with E-state index >= 15 is 0 Å². The van der Waals surface area contributed by atoms with Crippen molar-refractivity contribution in [2.45, 2.75) is 19.8 Å². The number of allylic oxidation sites excluding steroid dienone is 2. The van der Waals surface area contributed by atoms with Crippen molar-refractivity contribution in [2.75, 3.05) is 13.7 Å². The monoisotopic (exact) mass is 232 g/mol. The van der Waals surface area contributed by atoms with Crippen LogP contribution >= 0.6 is 0 Å². The summed E-state index contributed by atoms with van der Waals surface area (Å²) in [6.07, 6.45) is 3.72. The molecule has 0 saturated carbocycles. The van der Waals surface area contributed by atoms with Crippen molar-refractivity contribution in [2.24, 2.45) is 0 Å². The molecule has 0 saturated heterocycles. The Labute approximate surface area is 101 Å². The molecule has 1 aromatic rings. The van der Waals surface area contributed by atoms with Crippen LogP contribution < -0.4 is 4.74 Å². The minimum absolute atomic E-state index is 0.0958. The number of carbonyl (C=O) groups excluding carboxylic acids is 1. The highest BCUT2D eigenvalue weighted by Gasteiger charge is 2.19. The number of rotatable bonds is 3. The van der Waals surface area contributed by atoms with Gasteiger partial charge < -0.3 is 9.47 Å². The molecule has 17 heavy (non-hydrogen) atoms. The van der Waals surface area contributed by atoms with Crippen molar-refractivity contribution in [1.29, 1.82) is 0 Å². The molecular formula is C14H16O3. The molecule has 0 N–H and O–H groups in total. The molecule has 1 aliphatic rings. The van der Waals surface area contributed by atoms with Gasteiger partial charge in [0, 0.05) is 0 Å². The predicted molar refractivity (Wildman–Crippen MR) is 65.3 cm³/mol.